The zero-order chi connectivity index (χ0) is 23.4. The van der Waals surface area contributed by atoms with Crippen LogP contribution in [-0.2, 0) is 32.4 Å². The minimum Gasteiger partial charge on any atom is -0.373 e. The molecule has 178 valence electrons. The second kappa shape index (κ2) is 10.2. The SMILES string of the molecule is CNC(=O)Cc1ccc2c(c1)CCOC2CCN1CCN(c2ccc(S(N)(=O)=O)cc2)CC1. The maximum absolute atomic E-state index is 11.7. The van der Waals surface area contributed by atoms with Gasteiger partial charge in [-0.25, -0.2) is 13.6 Å². The molecule has 1 fully saturated rings. The van der Waals surface area contributed by atoms with Crippen LogP contribution in [0.2, 0.25) is 0 Å². The molecule has 2 aromatic carbocycles. The molecule has 0 radical (unpaired) electrons. The largest absolute Gasteiger partial charge is 0.373 e. The Morgan fingerprint density at radius 1 is 1.12 bits per heavy atom. The number of ether oxygens (including phenoxy) is 1. The summed E-state index contributed by atoms with van der Waals surface area (Å²) in [7, 11) is -2.00. The molecular weight excluding hydrogens is 440 g/mol. The minimum atomic E-state index is -3.66. The van der Waals surface area contributed by atoms with Gasteiger partial charge in [0, 0.05) is 45.5 Å². The average molecular weight is 473 g/mol. The number of hydrogen-bond donors (Lipinski definition) is 2. The molecule has 2 aromatic rings. The Morgan fingerprint density at radius 3 is 2.52 bits per heavy atom. The van der Waals surface area contributed by atoms with E-state index in [1.807, 2.05) is 18.2 Å². The van der Waals surface area contributed by atoms with Crippen LogP contribution in [0.1, 0.15) is 29.2 Å². The first kappa shape index (κ1) is 23.7. The van der Waals surface area contributed by atoms with E-state index in [1.54, 1.807) is 19.2 Å². The molecule has 2 aliphatic heterocycles. The van der Waals surface area contributed by atoms with E-state index in [2.05, 4.69) is 27.2 Å². The van der Waals surface area contributed by atoms with E-state index in [0.717, 1.165) is 56.8 Å². The molecular formula is C24H32N4O4S. The van der Waals surface area contributed by atoms with E-state index in [-0.39, 0.29) is 16.9 Å². The van der Waals surface area contributed by atoms with Gasteiger partial charge in [0.2, 0.25) is 15.9 Å². The number of nitrogens with zero attached hydrogens (tertiary/aromatic N) is 2. The minimum absolute atomic E-state index is 0.0260. The number of likely N-dealkylation sites (N-methyl/N-ethyl adjacent to an activating group) is 1. The van der Waals surface area contributed by atoms with Crippen molar-refractivity contribution < 1.29 is 17.9 Å². The second-order valence-corrected chi connectivity index (χ2v) is 10.2. The predicted molar refractivity (Wildman–Crippen MR) is 128 cm³/mol. The van der Waals surface area contributed by atoms with Crippen molar-refractivity contribution >= 4 is 21.6 Å². The molecule has 4 rings (SSSR count). The first-order valence-electron chi connectivity index (χ1n) is 11.4. The molecule has 0 bridgehead atoms. The molecule has 3 N–H and O–H groups in total. The lowest BCUT2D eigenvalue weighted by Crippen LogP contribution is -2.47. The fourth-order valence-electron chi connectivity index (χ4n) is 4.59. The van der Waals surface area contributed by atoms with E-state index in [0.29, 0.717) is 13.0 Å². The number of rotatable bonds is 7. The normalized spacial score (nSPS) is 19.2. The predicted octanol–water partition coefficient (Wildman–Crippen LogP) is 1.45. The topological polar surface area (TPSA) is 105 Å². The third kappa shape index (κ3) is 5.92. The van der Waals surface area contributed by atoms with Crippen molar-refractivity contribution in [2.45, 2.75) is 30.3 Å². The van der Waals surface area contributed by atoms with Crippen molar-refractivity contribution in [3.63, 3.8) is 0 Å². The Kier molecular flexibility index (Phi) is 7.33. The smallest absolute Gasteiger partial charge is 0.238 e. The molecule has 1 amide bonds. The van der Waals surface area contributed by atoms with Gasteiger partial charge in [-0.1, -0.05) is 18.2 Å². The van der Waals surface area contributed by atoms with Crippen LogP contribution in [0.15, 0.2) is 47.4 Å². The number of anilines is 1. The molecule has 2 aliphatic rings. The number of benzene rings is 2. The van der Waals surface area contributed by atoms with Crippen LogP contribution >= 0.6 is 0 Å². The first-order chi connectivity index (χ1) is 15.8. The summed E-state index contributed by atoms with van der Waals surface area (Å²) in [4.78, 5) is 16.5. The number of nitrogens with one attached hydrogen (secondary N) is 1. The van der Waals surface area contributed by atoms with Crippen LogP contribution in [0.4, 0.5) is 5.69 Å². The van der Waals surface area contributed by atoms with Crippen molar-refractivity contribution in [2.75, 3.05) is 51.3 Å². The molecule has 1 atom stereocenters. The van der Waals surface area contributed by atoms with E-state index < -0.39 is 10.0 Å². The van der Waals surface area contributed by atoms with Crippen molar-refractivity contribution in [3.05, 3.63) is 59.2 Å². The summed E-state index contributed by atoms with van der Waals surface area (Å²) in [5, 5.41) is 7.86. The third-order valence-electron chi connectivity index (χ3n) is 6.50. The summed E-state index contributed by atoms with van der Waals surface area (Å²) >= 11 is 0. The highest BCUT2D eigenvalue weighted by molar-refractivity contribution is 7.89. The lowest BCUT2D eigenvalue weighted by molar-refractivity contribution is -0.119. The highest BCUT2D eigenvalue weighted by atomic mass is 32.2. The van der Waals surface area contributed by atoms with Crippen molar-refractivity contribution in [1.82, 2.24) is 10.2 Å². The zero-order valence-corrected chi connectivity index (χ0v) is 19.8. The Morgan fingerprint density at radius 2 is 1.85 bits per heavy atom. The summed E-state index contributed by atoms with van der Waals surface area (Å²) < 4.78 is 29.0. The Hall–Kier alpha value is -2.46. The highest BCUT2D eigenvalue weighted by Gasteiger charge is 2.24. The molecule has 0 saturated carbocycles. The van der Waals surface area contributed by atoms with Crippen LogP contribution in [0.3, 0.4) is 0 Å². The fraction of sp³-hybridized carbons (Fsp3) is 0.458. The molecule has 0 aliphatic carbocycles. The highest BCUT2D eigenvalue weighted by Crippen LogP contribution is 2.31. The second-order valence-electron chi connectivity index (χ2n) is 8.65. The van der Waals surface area contributed by atoms with E-state index >= 15 is 0 Å². The van der Waals surface area contributed by atoms with Gasteiger partial charge in [-0.3, -0.25) is 9.69 Å². The summed E-state index contributed by atoms with van der Waals surface area (Å²) in [6, 6.07) is 13.1. The molecule has 1 saturated heterocycles. The fourth-order valence-corrected chi connectivity index (χ4v) is 5.10. The van der Waals surface area contributed by atoms with Crippen LogP contribution in [0, 0.1) is 0 Å². The van der Waals surface area contributed by atoms with Gasteiger partial charge in [-0.15, -0.1) is 0 Å². The Bertz CT molecular complexity index is 1080. The third-order valence-corrected chi connectivity index (χ3v) is 7.43. The maximum Gasteiger partial charge on any atom is 0.238 e. The van der Waals surface area contributed by atoms with Gasteiger partial charge in [0.25, 0.3) is 0 Å². The summed E-state index contributed by atoms with van der Waals surface area (Å²) in [6.07, 6.45) is 2.32. The van der Waals surface area contributed by atoms with Crippen LogP contribution in [-0.4, -0.2) is 65.6 Å². The standard InChI is InChI=1S/C24H32N4O4S/c1-26-24(29)17-18-2-7-22-19(16-18)9-15-32-23(22)8-10-27-11-13-28(14-12-27)20-3-5-21(6-4-20)33(25,30)31/h2-7,16,23H,8-15,17H2,1H3,(H,26,29)(H2,25,30,31). The number of primary sulfonamides is 1. The Labute approximate surface area is 195 Å². The summed E-state index contributed by atoms with van der Waals surface area (Å²) in [5.74, 6) is 0.0260. The van der Waals surface area contributed by atoms with Crippen molar-refractivity contribution in [1.29, 1.82) is 0 Å². The maximum atomic E-state index is 11.7. The molecule has 9 heteroatoms. The van der Waals surface area contributed by atoms with Crippen LogP contribution < -0.4 is 15.4 Å². The summed E-state index contributed by atoms with van der Waals surface area (Å²) in [6.45, 7) is 5.34. The number of sulfonamides is 1. The van der Waals surface area contributed by atoms with Gasteiger partial charge in [0.15, 0.2) is 0 Å². The molecule has 2 heterocycles. The van der Waals surface area contributed by atoms with Crippen molar-refractivity contribution in [2.24, 2.45) is 5.14 Å². The zero-order valence-electron chi connectivity index (χ0n) is 19.0. The van der Waals surface area contributed by atoms with Gasteiger partial charge in [-0.2, -0.15) is 0 Å². The molecule has 0 aromatic heterocycles. The van der Waals surface area contributed by atoms with Gasteiger partial charge in [-0.05, 0) is 53.8 Å². The number of fused-ring (bicyclic) bond motifs is 1. The molecule has 8 nitrogen and oxygen atoms in total. The monoisotopic (exact) mass is 472 g/mol. The van der Waals surface area contributed by atoms with Gasteiger partial charge >= 0.3 is 0 Å². The quantitative estimate of drug-likeness (QED) is 0.632. The number of amides is 1. The molecule has 33 heavy (non-hydrogen) atoms. The van der Waals surface area contributed by atoms with Gasteiger partial charge in [0.1, 0.15) is 0 Å². The van der Waals surface area contributed by atoms with Gasteiger partial charge < -0.3 is 15.0 Å². The lowest BCUT2D eigenvalue weighted by atomic mass is 9.93. The van der Waals surface area contributed by atoms with Crippen molar-refractivity contribution in [3.8, 4) is 0 Å². The Balaban J connectivity index is 1.29. The molecule has 1 unspecified atom stereocenters. The molecule has 0 spiro atoms. The van der Waals surface area contributed by atoms with E-state index in [9.17, 15) is 13.2 Å². The van der Waals surface area contributed by atoms with E-state index in [4.69, 9.17) is 9.88 Å². The number of carbonyl (C=O) groups excluding carboxylic acids is 1. The number of carbonyl (C=O) groups is 1. The van der Waals surface area contributed by atoms with Crippen LogP contribution in [0.25, 0.3) is 0 Å². The van der Waals surface area contributed by atoms with E-state index in [1.165, 1.54) is 11.1 Å². The number of nitrogens with two attached hydrogens (primary N) is 1. The van der Waals surface area contributed by atoms with Gasteiger partial charge in [0.05, 0.1) is 24.0 Å². The lowest BCUT2D eigenvalue weighted by Gasteiger charge is -2.37. The van der Waals surface area contributed by atoms with Crippen LogP contribution in [0.5, 0.6) is 0 Å². The number of piperazine rings is 1. The summed E-state index contributed by atoms with van der Waals surface area (Å²) in [5.41, 5.74) is 4.59. The first-order valence-corrected chi connectivity index (χ1v) is 12.9. The number of hydrogen-bond acceptors (Lipinski definition) is 6. The average Bonchev–Trinajstić information content (AvgIpc) is 2.82.